The predicted molar refractivity (Wildman–Crippen MR) is 112 cm³/mol. The van der Waals surface area contributed by atoms with Crippen LogP contribution in [-0.4, -0.2) is 67.7 Å². The molecule has 1 amide bonds. The van der Waals surface area contributed by atoms with Crippen molar-refractivity contribution in [3.63, 3.8) is 0 Å². The summed E-state index contributed by atoms with van der Waals surface area (Å²) in [6.07, 6.45) is 1.59. The molecule has 0 bridgehead atoms. The van der Waals surface area contributed by atoms with Crippen LogP contribution in [0.1, 0.15) is 31.9 Å². The van der Waals surface area contributed by atoms with Gasteiger partial charge in [-0.1, -0.05) is 6.08 Å². The lowest BCUT2D eigenvalue weighted by Crippen LogP contribution is -2.49. The Morgan fingerprint density at radius 3 is 2.44 bits per heavy atom. The molecule has 3 rings (SSSR count). The largest absolute Gasteiger partial charge is 0.368 e. The van der Waals surface area contributed by atoms with Crippen molar-refractivity contribution in [3.8, 4) is 11.4 Å². The maximum Gasteiger partial charge on any atom is 0.281 e. The highest BCUT2D eigenvalue weighted by atomic mass is 19.3. The first-order valence-corrected chi connectivity index (χ1v) is 9.89. The van der Waals surface area contributed by atoms with Gasteiger partial charge in [0, 0.05) is 45.2 Å². The smallest absolute Gasteiger partial charge is 0.281 e. The number of amides is 1. The van der Waals surface area contributed by atoms with E-state index in [0.29, 0.717) is 26.2 Å². The van der Waals surface area contributed by atoms with Gasteiger partial charge in [-0.2, -0.15) is 15.0 Å². The predicted octanol–water partition coefficient (Wildman–Crippen LogP) is 1.00. The van der Waals surface area contributed by atoms with Crippen LogP contribution in [0.25, 0.3) is 11.4 Å². The fourth-order valence-corrected chi connectivity index (χ4v) is 3.20. The Morgan fingerprint density at radius 1 is 1.06 bits per heavy atom. The number of ketones is 1. The summed E-state index contributed by atoms with van der Waals surface area (Å²) in [6, 6.07) is 0. The van der Waals surface area contributed by atoms with Crippen LogP contribution in [0.3, 0.4) is 0 Å². The fraction of sp³-hybridized carbons (Fsp3) is 0.421. The molecule has 0 aromatic carbocycles. The number of nitrogens with two attached hydrogens (primary N) is 2. The number of hydrogen-bond acceptors (Lipinski definition) is 10. The molecule has 2 aromatic rings. The van der Waals surface area contributed by atoms with Crippen molar-refractivity contribution in [2.24, 2.45) is 0 Å². The van der Waals surface area contributed by atoms with E-state index in [0.717, 1.165) is 6.20 Å². The van der Waals surface area contributed by atoms with Crippen LogP contribution in [0, 0.1) is 0 Å². The van der Waals surface area contributed by atoms with E-state index in [1.807, 2.05) is 0 Å². The third-order valence-corrected chi connectivity index (χ3v) is 4.78. The molecule has 0 aliphatic carbocycles. The number of carbonyl (C=O) groups excluding carboxylic acids is 2. The van der Waals surface area contributed by atoms with E-state index < -0.39 is 12.1 Å². The lowest BCUT2D eigenvalue weighted by Gasteiger charge is -2.34. The van der Waals surface area contributed by atoms with Crippen LogP contribution in [-0.2, 0) is 9.59 Å². The molecule has 1 aliphatic heterocycles. The number of halogens is 2. The second kappa shape index (κ2) is 10.0. The van der Waals surface area contributed by atoms with Gasteiger partial charge in [-0.15, -0.1) is 0 Å². The summed E-state index contributed by atoms with van der Waals surface area (Å²) < 4.78 is 26.8. The van der Waals surface area contributed by atoms with Gasteiger partial charge in [-0.3, -0.25) is 9.59 Å². The van der Waals surface area contributed by atoms with Gasteiger partial charge in [0.15, 0.2) is 11.6 Å². The van der Waals surface area contributed by atoms with E-state index in [1.54, 1.807) is 22.8 Å². The molecule has 0 radical (unpaired) electrons. The summed E-state index contributed by atoms with van der Waals surface area (Å²) >= 11 is 0. The standard InChI is InChI=1S/C19H23F2N9O2/c1-2-3-11(31)4-5-13(32)29-6-8-30(9-7-29)19-27-16(26-18(23)28-19)12-10-24-17(22)25-14(12)15(20)21/h2-3,10,15H,4-9H2,1H3,(H2,22,24,25)(H2,23,26,27,28)/b3-2+. The molecule has 4 N–H and O–H groups in total. The SMILES string of the molecule is C/C=C/C(=O)CCC(=O)N1CCN(c2nc(N)nc(-c3cnc(N)nc3C(F)F)n2)CC1. The van der Waals surface area contributed by atoms with E-state index in [-0.39, 0.29) is 53.8 Å². The molecule has 0 spiro atoms. The lowest BCUT2D eigenvalue weighted by atomic mass is 10.2. The number of hydrogen-bond donors (Lipinski definition) is 2. The molecular weight excluding hydrogens is 424 g/mol. The number of aromatic nitrogens is 5. The minimum Gasteiger partial charge on any atom is -0.368 e. The zero-order valence-electron chi connectivity index (χ0n) is 17.4. The first-order valence-electron chi connectivity index (χ1n) is 9.89. The number of piperazine rings is 1. The number of allylic oxidation sites excluding steroid dienone is 2. The van der Waals surface area contributed by atoms with Gasteiger partial charge >= 0.3 is 0 Å². The van der Waals surface area contributed by atoms with Crippen LogP contribution in [0.4, 0.5) is 26.6 Å². The van der Waals surface area contributed by atoms with Crippen molar-refractivity contribution < 1.29 is 18.4 Å². The average Bonchev–Trinajstić information content (AvgIpc) is 2.77. The van der Waals surface area contributed by atoms with Gasteiger partial charge in [-0.05, 0) is 13.0 Å². The molecule has 1 saturated heterocycles. The monoisotopic (exact) mass is 447 g/mol. The van der Waals surface area contributed by atoms with Crippen molar-refractivity contribution >= 4 is 29.5 Å². The summed E-state index contributed by atoms with van der Waals surface area (Å²) in [4.78, 5) is 47.0. The maximum absolute atomic E-state index is 13.4. The van der Waals surface area contributed by atoms with Crippen molar-refractivity contribution in [1.29, 1.82) is 0 Å². The molecule has 0 saturated carbocycles. The van der Waals surface area contributed by atoms with E-state index in [1.165, 1.54) is 6.08 Å². The molecule has 0 unspecified atom stereocenters. The van der Waals surface area contributed by atoms with Gasteiger partial charge in [0.2, 0.25) is 23.8 Å². The van der Waals surface area contributed by atoms with Crippen molar-refractivity contribution in [1.82, 2.24) is 29.8 Å². The number of carbonyl (C=O) groups is 2. The molecule has 0 atom stereocenters. The Hall–Kier alpha value is -3.77. The molecule has 2 aromatic heterocycles. The molecule has 32 heavy (non-hydrogen) atoms. The molecule has 13 heteroatoms. The first-order chi connectivity index (χ1) is 15.3. The highest BCUT2D eigenvalue weighted by Gasteiger charge is 2.25. The minimum atomic E-state index is -2.91. The molecule has 1 aliphatic rings. The van der Waals surface area contributed by atoms with Gasteiger partial charge in [0.05, 0.1) is 5.56 Å². The second-order valence-electron chi connectivity index (χ2n) is 6.98. The fourth-order valence-electron chi connectivity index (χ4n) is 3.20. The Balaban J connectivity index is 1.71. The molecule has 3 heterocycles. The van der Waals surface area contributed by atoms with E-state index in [4.69, 9.17) is 11.5 Å². The highest BCUT2D eigenvalue weighted by molar-refractivity contribution is 5.92. The van der Waals surface area contributed by atoms with Crippen LogP contribution in [0.2, 0.25) is 0 Å². The first kappa shape index (κ1) is 22.9. The van der Waals surface area contributed by atoms with Crippen molar-refractivity contribution in [2.75, 3.05) is 42.5 Å². The quantitative estimate of drug-likeness (QED) is 0.587. The topological polar surface area (TPSA) is 157 Å². The summed E-state index contributed by atoms with van der Waals surface area (Å²) in [5, 5.41) is 0. The minimum absolute atomic E-state index is 0.0934. The summed E-state index contributed by atoms with van der Waals surface area (Å²) in [5.74, 6) is -0.548. The summed E-state index contributed by atoms with van der Waals surface area (Å²) in [7, 11) is 0. The zero-order chi connectivity index (χ0) is 23.3. The van der Waals surface area contributed by atoms with Crippen LogP contribution in [0.15, 0.2) is 18.3 Å². The maximum atomic E-state index is 13.4. The summed E-state index contributed by atoms with van der Waals surface area (Å²) in [6.45, 7) is 3.33. The average molecular weight is 447 g/mol. The van der Waals surface area contributed by atoms with Gasteiger partial charge in [0.1, 0.15) is 5.69 Å². The normalized spacial score (nSPS) is 14.4. The second-order valence-corrected chi connectivity index (χ2v) is 6.98. The number of nitrogens with zero attached hydrogens (tertiary/aromatic N) is 7. The van der Waals surface area contributed by atoms with E-state index in [2.05, 4.69) is 24.9 Å². The van der Waals surface area contributed by atoms with Crippen LogP contribution in [0.5, 0.6) is 0 Å². The zero-order valence-corrected chi connectivity index (χ0v) is 17.4. The Kier molecular flexibility index (Phi) is 7.18. The van der Waals surface area contributed by atoms with Crippen molar-refractivity contribution in [3.05, 3.63) is 24.0 Å². The number of anilines is 3. The van der Waals surface area contributed by atoms with Gasteiger partial charge in [-0.25, -0.2) is 18.7 Å². The van der Waals surface area contributed by atoms with Gasteiger partial charge in [0.25, 0.3) is 6.43 Å². The summed E-state index contributed by atoms with van der Waals surface area (Å²) in [5.41, 5.74) is 10.5. The Bertz CT molecular complexity index is 1020. The highest BCUT2D eigenvalue weighted by Crippen LogP contribution is 2.28. The number of nitrogen functional groups attached to an aromatic ring is 2. The molecular formula is C19H23F2N9O2. The van der Waals surface area contributed by atoms with Crippen LogP contribution >= 0.6 is 0 Å². The third kappa shape index (κ3) is 5.47. The van der Waals surface area contributed by atoms with E-state index in [9.17, 15) is 18.4 Å². The Morgan fingerprint density at radius 2 is 1.78 bits per heavy atom. The van der Waals surface area contributed by atoms with E-state index >= 15 is 0 Å². The molecule has 170 valence electrons. The molecule has 11 nitrogen and oxygen atoms in total. The Labute approximate surface area is 182 Å². The number of rotatable bonds is 7. The molecule has 1 fully saturated rings. The third-order valence-electron chi connectivity index (χ3n) is 4.78. The number of alkyl halides is 2. The lowest BCUT2D eigenvalue weighted by molar-refractivity contribution is -0.132. The van der Waals surface area contributed by atoms with Gasteiger partial charge < -0.3 is 21.3 Å². The van der Waals surface area contributed by atoms with Crippen molar-refractivity contribution in [2.45, 2.75) is 26.2 Å². The van der Waals surface area contributed by atoms with Crippen LogP contribution < -0.4 is 16.4 Å².